The van der Waals surface area contributed by atoms with Gasteiger partial charge in [-0.05, 0) is 12.1 Å². The summed E-state index contributed by atoms with van der Waals surface area (Å²) in [5, 5.41) is 2.16. The molecule has 2 aromatic rings. The maximum absolute atomic E-state index is 12.2. The van der Waals surface area contributed by atoms with Crippen LogP contribution in [-0.4, -0.2) is 34.8 Å². The number of aromatic nitrogens is 2. The molecule has 0 spiro atoms. The zero-order valence-corrected chi connectivity index (χ0v) is 13.0. The summed E-state index contributed by atoms with van der Waals surface area (Å²) in [7, 11) is 0. The molecule has 0 saturated carbocycles. The molecule has 0 unspecified atom stereocenters. The van der Waals surface area contributed by atoms with Crippen molar-refractivity contribution in [1.29, 1.82) is 0 Å². The largest absolute Gasteiger partial charge is 0.573 e. The molecule has 1 aromatic heterocycles. The van der Waals surface area contributed by atoms with Crippen molar-refractivity contribution in [3.8, 4) is 17.5 Å². The Morgan fingerprint density at radius 2 is 1.81 bits per heavy atom. The third kappa shape index (κ3) is 4.37. The topological polar surface area (TPSA) is 93.7 Å². The second-order valence-electron chi connectivity index (χ2n) is 5.10. The first kappa shape index (κ1) is 17.5. The van der Waals surface area contributed by atoms with Crippen LogP contribution < -0.4 is 19.7 Å². The van der Waals surface area contributed by atoms with Gasteiger partial charge in [0.25, 0.3) is 0 Å². The molecule has 11 heteroatoms. The lowest BCUT2D eigenvalue weighted by atomic mass is 10.3. The molecule has 0 radical (unpaired) electrons. The number of benzene rings is 1. The van der Waals surface area contributed by atoms with Crippen molar-refractivity contribution in [3.63, 3.8) is 0 Å². The minimum Gasteiger partial charge on any atom is -0.424 e. The highest BCUT2D eigenvalue weighted by Crippen LogP contribution is 2.28. The molecule has 1 aliphatic heterocycles. The second kappa shape index (κ2) is 6.86. The number of urea groups is 1. The summed E-state index contributed by atoms with van der Waals surface area (Å²) in [6.07, 6.45) is -2.06. The van der Waals surface area contributed by atoms with Crippen molar-refractivity contribution in [3.05, 3.63) is 36.7 Å². The van der Waals surface area contributed by atoms with E-state index in [2.05, 4.69) is 20.0 Å². The molecule has 0 bridgehead atoms. The molecule has 1 aliphatic rings. The van der Waals surface area contributed by atoms with Gasteiger partial charge in [0.15, 0.2) is 0 Å². The summed E-state index contributed by atoms with van der Waals surface area (Å²) in [6.45, 7) is 0.186. The van der Waals surface area contributed by atoms with E-state index in [1.165, 1.54) is 29.4 Å². The minimum atomic E-state index is -4.81. The molecule has 26 heavy (non-hydrogen) atoms. The van der Waals surface area contributed by atoms with Crippen molar-refractivity contribution >= 4 is 17.6 Å². The quantitative estimate of drug-likeness (QED) is 0.892. The number of carbonyl (C=O) groups excluding carboxylic acids is 2. The van der Waals surface area contributed by atoms with Crippen LogP contribution >= 0.6 is 0 Å². The van der Waals surface area contributed by atoms with Crippen LogP contribution in [0.5, 0.6) is 17.5 Å². The SMILES string of the molecule is O=C1CCN(c2cnc(Oc3cccc(OC(F)(F)F)c3)nc2)C(=O)N1. The third-order valence-corrected chi connectivity index (χ3v) is 3.23. The first-order valence-corrected chi connectivity index (χ1v) is 7.27. The monoisotopic (exact) mass is 368 g/mol. The van der Waals surface area contributed by atoms with Gasteiger partial charge in [-0.3, -0.25) is 15.0 Å². The van der Waals surface area contributed by atoms with Crippen molar-refractivity contribution in [2.24, 2.45) is 0 Å². The summed E-state index contributed by atoms with van der Waals surface area (Å²) in [4.78, 5) is 32.0. The van der Waals surface area contributed by atoms with Crippen LogP contribution in [0.25, 0.3) is 0 Å². The van der Waals surface area contributed by atoms with Gasteiger partial charge in [0, 0.05) is 19.0 Å². The fraction of sp³-hybridized carbons (Fsp3) is 0.200. The molecule has 1 N–H and O–H groups in total. The summed E-state index contributed by atoms with van der Waals surface area (Å²) < 4.78 is 45.8. The molecular weight excluding hydrogens is 357 g/mol. The number of alkyl halides is 3. The predicted octanol–water partition coefficient (Wildman–Crippen LogP) is 2.61. The van der Waals surface area contributed by atoms with E-state index in [-0.39, 0.29) is 30.6 Å². The van der Waals surface area contributed by atoms with Crippen LogP contribution in [0, 0.1) is 0 Å². The van der Waals surface area contributed by atoms with E-state index in [0.29, 0.717) is 5.69 Å². The molecule has 0 aliphatic carbocycles. The lowest BCUT2D eigenvalue weighted by molar-refractivity contribution is -0.274. The Morgan fingerprint density at radius 1 is 1.12 bits per heavy atom. The zero-order valence-electron chi connectivity index (χ0n) is 13.0. The van der Waals surface area contributed by atoms with E-state index in [0.717, 1.165) is 12.1 Å². The molecule has 1 aromatic carbocycles. The number of carbonyl (C=O) groups is 2. The standard InChI is InChI=1S/C15H11F3N4O4/c16-15(17,18)26-11-3-1-2-10(6-11)25-13-19-7-9(8-20-13)22-5-4-12(23)21-14(22)24/h1-3,6-8H,4-5H2,(H,21,23,24). The molecule has 1 fully saturated rings. The number of amides is 3. The predicted molar refractivity (Wildman–Crippen MR) is 80.7 cm³/mol. The number of hydrogen-bond acceptors (Lipinski definition) is 6. The highest BCUT2D eigenvalue weighted by atomic mass is 19.4. The molecule has 1 saturated heterocycles. The van der Waals surface area contributed by atoms with Crippen LogP contribution in [0.2, 0.25) is 0 Å². The summed E-state index contributed by atoms with van der Waals surface area (Å²) >= 11 is 0. The fourth-order valence-corrected chi connectivity index (χ4v) is 2.15. The minimum absolute atomic E-state index is 0.0424. The molecule has 136 valence electrons. The van der Waals surface area contributed by atoms with E-state index < -0.39 is 18.1 Å². The van der Waals surface area contributed by atoms with Crippen molar-refractivity contribution < 1.29 is 32.2 Å². The van der Waals surface area contributed by atoms with E-state index in [1.54, 1.807) is 0 Å². The Labute approximate surface area is 144 Å². The first-order valence-electron chi connectivity index (χ1n) is 7.27. The molecule has 3 amide bonds. The molecule has 3 rings (SSSR count). The maximum atomic E-state index is 12.2. The average Bonchev–Trinajstić information content (AvgIpc) is 2.55. The molecule has 2 heterocycles. The number of hydrogen-bond donors (Lipinski definition) is 1. The Kier molecular flexibility index (Phi) is 4.61. The van der Waals surface area contributed by atoms with Crippen molar-refractivity contribution in [2.75, 3.05) is 11.4 Å². The van der Waals surface area contributed by atoms with Gasteiger partial charge in [0.2, 0.25) is 5.91 Å². The number of halogens is 3. The van der Waals surface area contributed by atoms with Gasteiger partial charge in [-0.15, -0.1) is 13.2 Å². The van der Waals surface area contributed by atoms with Crippen LogP contribution in [0.15, 0.2) is 36.7 Å². The number of nitrogens with one attached hydrogen (secondary N) is 1. The lowest BCUT2D eigenvalue weighted by Crippen LogP contribution is -2.49. The van der Waals surface area contributed by atoms with E-state index >= 15 is 0 Å². The number of ether oxygens (including phenoxy) is 2. The Hall–Kier alpha value is -3.37. The van der Waals surface area contributed by atoms with Crippen LogP contribution in [-0.2, 0) is 4.79 Å². The highest BCUT2D eigenvalue weighted by Gasteiger charge is 2.31. The van der Waals surface area contributed by atoms with Gasteiger partial charge in [-0.25, -0.2) is 14.8 Å². The van der Waals surface area contributed by atoms with Crippen LogP contribution in [0.4, 0.5) is 23.7 Å². The zero-order chi connectivity index (χ0) is 18.7. The third-order valence-electron chi connectivity index (χ3n) is 3.23. The van der Waals surface area contributed by atoms with Gasteiger partial charge in [-0.2, -0.15) is 0 Å². The average molecular weight is 368 g/mol. The van der Waals surface area contributed by atoms with Crippen molar-refractivity contribution in [2.45, 2.75) is 12.8 Å². The Balaban J connectivity index is 1.69. The summed E-state index contributed by atoms with van der Waals surface area (Å²) in [5.41, 5.74) is 0.344. The number of imide groups is 1. The molecule has 8 nitrogen and oxygen atoms in total. The second-order valence-corrected chi connectivity index (χ2v) is 5.10. The Morgan fingerprint density at radius 3 is 2.46 bits per heavy atom. The normalized spacial score (nSPS) is 14.8. The highest BCUT2D eigenvalue weighted by molar-refractivity contribution is 6.05. The van der Waals surface area contributed by atoms with Gasteiger partial charge in [0.1, 0.15) is 11.5 Å². The van der Waals surface area contributed by atoms with Crippen LogP contribution in [0.3, 0.4) is 0 Å². The van der Waals surface area contributed by atoms with Crippen LogP contribution in [0.1, 0.15) is 6.42 Å². The summed E-state index contributed by atoms with van der Waals surface area (Å²) in [5.74, 6) is -0.768. The smallest absolute Gasteiger partial charge is 0.424 e. The Bertz CT molecular complexity index is 826. The van der Waals surface area contributed by atoms with E-state index in [9.17, 15) is 22.8 Å². The van der Waals surface area contributed by atoms with Gasteiger partial charge in [0.05, 0.1) is 18.1 Å². The van der Waals surface area contributed by atoms with Gasteiger partial charge >= 0.3 is 18.4 Å². The molecule has 0 atom stereocenters. The first-order chi connectivity index (χ1) is 12.3. The number of anilines is 1. The number of rotatable bonds is 4. The van der Waals surface area contributed by atoms with E-state index in [4.69, 9.17) is 4.74 Å². The van der Waals surface area contributed by atoms with Gasteiger partial charge < -0.3 is 9.47 Å². The lowest BCUT2D eigenvalue weighted by Gasteiger charge is -2.25. The van der Waals surface area contributed by atoms with Crippen molar-refractivity contribution in [1.82, 2.24) is 15.3 Å². The fourth-order valence-electron chi connectivity index (χ4n) is 2.15. The van der Waals surface area contributed by atoms with Gasteiger partial charge in [-0.1, -0.05) is 6.07 Å². The maximum Gasteiger partial charge on any atom is 0.573 e. The number of nitrogens with zero attached hydrogens (tertiary/aromatic N) is 3. The van der Waals surface area contributed by atoms with E-state index in [1.807, 2.05) is 0 Å². The molecular formula is C15H11F3N4O4. The summed E-state index contributed by atoms with van der Waals surface area (Å²) in [6, 6.07) is 4.17.